The molecule has 1 aliphatic rings. The van der Waals surface area contributed by atoms with E-state index in [1.165, 1.54) is 0 Å². The number of hydrogen-bond donors (Lipinski definition) is 1. The van der Waals surface area contributed by atoms with E-state index in [2.05, 4.69) is 35.1 Å². The molecule has 1 atom stereocenters. The minimum atomic E-state index is -0.248. The number of anilines is 1. The lowest BCUT2D eigenvalue weighted by Crippen LogP contribution is -2.36. The van der Waals surface area contributed by atoms with Crippen molar-refractivity contribution in [2.75, 3.05) is 11.9 Å². The number of carbonyl (C=O) groups is 2. The number of carbonyl (C=O) groups excluding carboxylic acids is 2. The minimum Gasteiger partial charge on any atom is -0.339 e. The van der Waals surface area contributed by atoms with Crippen LogP contribution in [0.5, 0.6) is 0 Å². The predicted molar refractivity (Wildman–Crippen MR) is 87.0 cm³/mol. The summed E-state index contributed by atoms with van der Waals surface area (Å²) >= 11 is 3.36. The maximum Gasteiger partial charge on any atom is 0.229 e. The maximum atomic E-state index is 12.3. The van der Waals surface area contributed by atoms with E-state index in [-0.39, 0.29) is 23.8 Å². The maximum absolute atomic E-state index is 12.3. The number of hydrogen-bond acceptors (Lipinski definition) is 2. The van der Waals surface area contributed by atoms with Crippen LogP contribution in [0.15, 0.2) is 28.7 Å². The van der Waals surface area contributed by atoms with Gasteiger partial charge in [0.05, 0.1) is 5.92 Å². The first-order valence-electron chi connectivity index (χ1n) is 7.41. The molecule has 1 heterocycles. The molecule has 0 bridgehead atoms. The van der Waals surface area contributed by atoms with Gasteiger partial charge in [-0.2, -0.15) is 0 Å². The van der Waals surface area contributed by atoms with Gasteiger partial charge in [-0.3, -0.25) is 9.59 Å². The Morgan fingerprint density at radius 3 is 2.52 bits per heavy atom. The highest BCUT2D eigenvalue weighted by Gasteiger charge is 2.36. The van der Waals surface area contributed by atoms with E-state index in [1.54, 1.807) is 0 Å². The van der Waals surface area contributed by atoms with Crippen LogP contribution in [0.3, 0.4) is 0 Å². The fraction of sp³-hybridized carbons (Fsp3) is 0.500. The largest absolute Gasteiger partial charge is 0.339 e. The van der Waals surface area contributed by atoms with Crippen molar-refractivity contribution < 1.29 is 9.59 Å². The standard InChI is InChI=1S/C16H21BrN2O2/c1-3-14(4-2)19-10-11(9-15(19)20)16(21)18-13-7-5-12(17)6-8-13/h5-8,11,14H,3-4,9-10H2,1-2H3,(H,18,21). The van der Waals surface area contributed by atoms with Gasteiger partial charge in [0.1, 0.15) is 0 Å². The van der Waals surface area contributed by atoms with Crippen LogP contribution in [0.25, 0.3) is 0 Å². The van der Waals surface area contributed by atoms with Crippen molar-refractivity contribution >= 4 is 33.4 Å². The quantitative estimate of drug-likeness (QED) is 0.882. The Kier molecular flexibility index (Phi) is 5.39. The van der Waals surface area contributed by atoms with Gasteiger partial charge in [0.15, 0.2) is 0 Å². The Hall–Kier alpha value is -1.36. The van der Waals surface area contributed by atoms with Crippen molar-refractivity contribution in [2.45, 2.75) is 39.2 Å². The molecule has 21 heavy (non-hydrogen) atoms. The molecule has 5 heteroatoms. The van der Waals surface area contributed by atoms with Gasteiger partial charge in [0.2, 0.25) is 11.8 Å². The molecule has 1 saturated heterocycles. The van der Waals surface area contributed by atoms with Gasteiger partial charge in [0.25, 0.3) is 0 Å². The summed E-state index contributed by atoms with van der Waals surface area (Å²) < 4.78 is 0.969. The van der Waals surface area contributed by atoms with E-state index in [0.717, 1.165) is 23.0 Å². The predicted octanol–water partition coefficient (Wildman–Crippen LogP) is 3.42. The van der Waals surface area contributed by atoms with Crippen LogP contribution in [0.1, 0.15) is 33.1 Å². The fourth-order valence-corrected chi connectivity index (χ4v) is 3.03. The SMILES string of the molecule is CCC(CC)N1CC(C(=O)Nc2ccc(Br)cc2)CC1=O. The number of halogens is 1. The van der Waals surface area contributed by atoms with Gasteiger partial charge < -0.3 is 10.2 Å². The third-order valence-electron chi connectivity index (χ3n) is 4.02. The summed E-state index contributed by atoms with van der Waals surface area (Å²) in [5.74, 6) is -0.222. The lowest BCUT2D eigenvalue weighted by molar-refractivity contribution is -0.130. The Balaban J connectivity index is 1.98. The highest BCUT2D eigenvalue weighted by atomic mass is 79.9. The normalized spacial score (nSPS) is 18.4. The molecule has 0 spiro atoms. The molecule has 0 aromatic heterocycles. The topological polar surface area (TPSA) is 49.4 Å². The molecule has 0 saturated carbocycles. The molecular formula is C16H21BrN2O2. The zero-order valence-corrected chi connectivity index (χ0v) is 14.0. The third-order valence-corrected chi connectivity index (χ3v) is 4.55. The summed E-state index contributed by atoms with van der Waals surface area (Å²) in [4.78, 5) is 26.2. The average Bonchev–Trinajstić information content (AvgIpc) is 2.85. The van der Waals surface area contributed by atoms with E-state index in [0.29, 0.717) is 13.0 Å². The first-order chi connectivity index (χ1) is 10.0. The molecule has 4 nitrogen and oxygen atoms in total. The van der Waals surface area contributed by atoms with Gasteiger partial charge in [-0.15, -0.1) is 0 Å². The van der Waals surface area contributed by atoms with E-state index in [1.807, 2.05) is 29.2 Å². The first-order valence-corrected chi connectivity index (χ1v) is 8.20. The lowest BCUT2D eigenvalue weighted by atomic mass is 10.1. The van der Waals surface area contributed by atoms with E-state index < -0.39 is 0 Å². The highest BCUT2D eigenvalue weighted by molar-refractivity contribution is 9.10. The molecular weight excluding hydrogens is 332 g/mol. The van der Waals surface area contributed by atoms with Gasteiger partial charge in [-0.05, 0) is 37.1 Å². The first kappa shape index (κ1) is 16.0. The van der Waals surface area contributed by atoms with Crippen molar-refractivity contribution in [2.24, 2.45) is 5.92 Å². The lowest BCUT2D eigenvalue weighted by Gasteiger charge is -2.26. The van der Waals surface area contributed by atoms with Crippen LogP contribution < -0.4 is 5.32 Å². The zero-order chi connectivity index (χ0) is 15.4. The summed E-state index contributed by atoms with van der Waals surface area (Å²) in [6.07, 6.45) is 2.19. The summed E-state index contributed by atoms with van der Waals surface area (Å²) in [5, 5.41) is 2.89. The second-order valence-electron chi connectivity index (χ2n) is 5.41. The molecule has 1 unspecified atom stereocenters. The van der Waals surface area contributed by atoms with Crippen LogP contribution in [0.4, 0.5) is 5.69 Å². The molecule has 1 aromatic rings. The molecule has 0 aliphatic carbocycles. The Bertz CT molecular complexity index is 512. The van der Waals surface area contributed by atoms with Gasteiger partial charge in [0, 0.05) is 29.2 Å². The molecule has 1 fully saturated rings. The number of nitrogens with zero attached hydrogens (tertiary/aromatic N) is 1. The van der Waals surface area contributed by atoms with Crippen LogP contribution in [-0.4, -0.2) is 29.3 Å². The Labute approximate surface area is 134 Å². The number of rotatable bonds is 5. The van der Waals surface area contributed by atoms with Gasteiger partial charge in [-0.25, -0.2) is 0 Å². The van der Waals surface area contributed by atoms with Crippen molar-refractivity contribution in [3.05, 3.63) is 28.7 Å². The van der Waals surface area contributed by atoms with E-state index in [4.69, 9.17) is 0 Å². The van der Waals surface area contributed by atoms with Crippen LogP contribution >= 0.6 is 15.9 Å². The molecule has 0 radical (unpaired) electrons. The second kappa shape index (κ2) is 7.07. The second-order valence-corrected chi connectivity index (χ2v) is 6.33. The Morgan fingerprint density at radius 1 is 1.33 bits per heavy atom. The summed E-state index contributed by atoms with van der Waals surface area (Å²) in [6, 6.07) is 7.70. The van der Waals surface area contributed by atoms with Gasteiger partial charge >= 0.3 is 0 Å². The molecule has 1 aliphatic heterocycles. The number of likely N-dealkylation sites (tertiary alicyclic amines) is 1. The highest BCUT2D eigenvalue weighted by Crippen LogP contribution is 2.24. The molecule has 2 amide bonds. The summed E-state index contributed by atoms with van der Waals surface area (Å²) in [6.45, 7) is 4.70. The number of amides is 2. The van der Waals surface area contributed by atoms with Crippen molar-refractivity contribution in [3.63, 3.8) is 0 Å². The number of nitrogens with one attached hydrogen (secondary N) is 1. The minimum absolute atomic E-state index is 0.0703. The zero-order valence-electron chi connectivity index (χ0n) is 12.4. The van der Waals surface area contributed by atoms with Crippen LogP contribution in [0, 0.1) is 5.92 Å². The number of benzene rings is 1. The Morgan fingerprint density at radius 2 is 1.95 bits per heavy atom. The van der Waals surface area contributed by atoms with E-state index >= 15 is 0 Å². The summed E-state index contributed by atoms with van der Waals surface area (Å²) in [7, 11) is 0. The third kappa shape index (κ3) is 3.84. The van der Waals surface area contributed by atoms with Crippen LogP contribution in [0.2, 0.25) is 0 Å². The average molecular weight is 353 g/mol. The van der Waals surface area contributed by atoms with Crippen molar-refractivity contribution in [1.82, 2.24) is 4.90 Å². The van der Waals surface area contributed by atoms with E-state index in [9.17, 15) is 9.59 Å². The molecule has 114 valence electrons. The smallest absolute Gasteiger partial charge is 0.229 e. The molecule has 2 rings (SSSR count). The molecule has 1 N–H and O–H groups in total. The van der Waals surface area contributed by atoms with Crippen LogP contribution in [-0.2, 0) is 9.59 Å². The van der Waals surface area contributed by atoms with Crippen molar-refractivity contribution in [1.29, 1.82) is 0 Å². The fourth-order valence-electron chi connectivity index (χ4n) is 2.77. The van der Waals surface area contributed by atoms with Gasteiger partial charge in [-0.1, -0.05) is 29.8 Å². The van der Waals surface area contributed by atoms with Crippen molar-refractivity contribution in [3.8, 4) is 0 Å². The summed E-state index contributed by atoms with van der Waals surface area (Å²) in [5.41, 5.74) is 0.761. The monoisotopic (exact) mass is 352 g/mol. The molecule has 1 aromatic carbocycles.